The number of hydrogen-bond donors (Lipinski definition) is 1. The molecule has 0 spiro atoms. The van der Waals surface area contributed by atoms with Crippen molar-refractivity contribution in [2.24, 2.45) is 0 Å². The maximum absolute atomic E-state index is 13.5. The lowest BCUT2D eigenvalue weighted by Gasteiger charge is -2.23. The maximum Gasteiger partial charge on any atom is 0.142 e. The second-order valence-corrected chi connectivity index (χ2v) is 5.50. The van der Waals surface area contributed by atoms with Crippen LogP contribution >= 0.6 is 11.6 Å². The van der Waals surface area contributed by atoms with Gasteiger partial charge in [-0.15, -0.1) is 0 Å². The summed E-state index contributed by atoms with van der Waals surface area (Å²) in [5.74, 6) is -0.371. The van der Waals surface area contributed by atoms with E-state index in [1.807, 2.05) is 30.3 Å². The molecule has 2 aromatic carbocycles. The number of nitrogen functional groups attached to an aromatic ring is 1. The Morgan fingerprint density at radius 1 is 1.05 bits per heavy atom. The fourth-order valence-electron chi connectivity index (χ4n) is 2.36. The van der Waals surface area contributed by atoms with Crippen molar-refractivity contribution in [2.45, 2.75) is 26.4 Å². The van der Waals surface area contributed by atoms with Crippen molar-refractivity contribution in [3.8, 4) is 0 Å². The van der Waals surface area contributed by atoms with Crippen LogP contribution in [0, 0.1) is 5.82 Å². The lowest BCUT2D eigenvalue weighted by molar-refractivity contribution is 0.257. The van der Waals surface area contributed by atoms with Crippen molar-refractivity contribution in [1.29, 1.82) is 0 Å². The molecule has 0 saturated carbocycles. The van der Waals surface area contributed by atoms with Gasteiger partial charge in [-0.2, -0.15) is 0 Å². The van der Waals surface area contributed by atoms with Crippen LogP contribution in [0.2, 0.25) is 5.02 Å². The maximum atomic E-state index is 13.5. The van der Waals surface area contributed by atoms with Crippen molar-refractivity contribution >= 4 is 17.3 Å². The molecule has 0 amide bonds. The summed E-state index contributed by atoms with van der Waals surface area (Å²) in [7, 11) is 0. The number of anilines is 1. The third-order valence-corrected chi connectivity index (χ3v) is 3.84. The Balaban J connectivity index is 2.16. The van der Waals surface area contributed by atoms with E-state index >= 15 is 0 Å². The first-order valence-electron chi connectivity index (χ1n) is 7.10. The third-order valence-electron chi connectivity index (χ3n) is 3.41. The van der Waals surface area contributed by atoms with E-state index in [1.165, 1.54) is 6.07 Å². The van der Waals surface area contributed by atoms with Gasteiger partial charge in [0, 0.05) is 18.8 Å². The summed E-state index contributed by atoms with van der Waals surface area (Å²) in [4.78, 5) is 2.23. The minimum atomic E-state index is -0.371. The number of nitrogens with zero attached hydrogens (tertiary/aromatic N) is 1. The molecule has 0 aromatic heterocycles. The van der Waals surface area contributed by atoms with Gasteiger partial charge in [-0.3, -0.25) is 4.90 Å². The Hall–Kier alpha value is -1.58. The highest BCUT2D eigenvalue weighted by molar-refractivity contribution is 6.31. The highest BCUT2D eigenvalue weighted by Crippen LogP contribution is 2.23. The van der Waals surface area contributed by atoms with Gasteiger partial charge in [-0.25, -0.2) is 4.39 Å². The summed E-state index contributed by atoms with van der Waals surface area (Å²) < 4.78 is 13.5. The van der Waals surface area contributed by atoms with Crippen LogP contribution in [0.25, 0.3) is 0 Å². The number of benzene rings is 2. The predicted octanol–water partition coefficient (Wildman–Crippen LogP) is 4.47. The molecule has 0 aliphatic heterocycles. The molecule has 0 saturated heterocycles. The van der Waals surface area contributed by atoms with E-state index in [0.717, 1.165) is 36.3 Å². The standard InChI is InChI=1S/C17H20ClFN2/c1-2-10-21(11-13-6-3-4-9-16(13)20)12-14-7-5-8-15(19)17(14)18/h3-9H,2,10-12,20H2,1H3. The van der Waals surface area contributed by atoms with E-state index in [2.05, 4.69) is 11.8 Å². The first kappa shape index (κ1) is 15.8. The molecule has 0 aliphatic rings. The molecule has 2 N–H and O–H groups in total. The minimum absolute atomic E-state index is 0.208. The van der Waals surface area contributed by atoms with Crippen LogP contribution < -0.4 is 5.73 Å². The molecule has 0 fully saturated rings. The molecular formula is C17H20ClFN2. The van der Waals surface area contributed by atoms with E-state index in [4.69, 9.17) is 17.3 Å². The highest BCUT2D eigenvalue weighted by atomic mass is 35.5. The molecule has 4 heteroatoms. The van der Waals surface area contributed by atoms with E-state index in [1.54, 1.807) is 6.07 Å². The Bertz CT molecular complexity index is 601. The van der Waals surface area contributed by atoms with Gasteiger partial charge in [-0.05, 0) is 36.2 Å². The fraction of sp³-hybridized carbons (Fsp3) is 0.294. The van der Waals surface area contributed by atoms with Crippen molar-refractivity contribution in [2.75, 3.05) is 12.3 Å². The van der Waals surface area contributed by atoms with Crippen LogP contribution in [0.3, 0.4) is 0 Å². The normalized spacial score (nSPS) is 11.0. The van der Waals surface area contributed by atoms with Crippen molar-refractivity contribution in [3.05, 3.63) is 64.4 Å². The van der Waals surface area contributed by atoms with E-state index in [0.29, 0.717) is 6.54 Å². The topological polar surface area (TPSA) is 29.3 Å². The van der Waals surface area contributed by atoms with Crippen LogP contribution in [0.15, 0.2) is 42.5 Å². The van der Waals surface area contributed by atoms with E-state index in [-0.39, 0.29) is 10.8 Å². The van der Waals surface area contributed by atoms with Gasteiger partial charge in [0.05, 0.1) is 5.02 Å². The summed E-state index contributed by atoms with van der Waals surface area (Å²) in [6.07, 6.45) is 1.01. The van der Waals surface area contributed by atoms with Crippen LogP contribution in [0.4, 0.5) is 10.1 Å². The summed E-state index contributed by atoms with van der Waals surface area (Å²) in [6, 6.07) is 12.8. The minimum Gasteiger partial charge on any atom is -0.398 e. The van der Waals surface area contributed by atoms with Gasteiger partial charge >= 0.3 is 0 Å². The van der Waals surface area contributed by atoms with Gasteiger partial charge in [0.2, 0.25) is 0 Å². The second-order valence-electron chi connectivity index (χ2n) is 5.12. The smallest absolute Gasteiger partial charge is 0.142 e. The third kappa shape index (κ3) is 4.19. The largest absolute Gasteiger partial charge is 0.398 e. The number of halogens is 2. The first-order chi connectivity index (χ1) is 10.1. The summed E-state index contributed by atoms with van der Waals surface area (Å²) >= 11 is 6.05. The fourth-order valence-corrected chi connectivity index (χ4v) is 2.55. The monoisotopic (exact) mass is 306 g/mol. The summed E-state index contributed by atoms with van der Waals surface area (Å²) in [5.41, 5.74) is 8.67. The summed E-state index contributed by atoms with van der Waals surface area (Å²) in [6.45, 7) is 4.36. The molecule has 0 unspecified atom stereocenters. The first-order valence-corrected chi connectivity index (χ1v) is 7.48. The van der Waals surface area contributed by atoms with Gasteiger partial charge in [0.25, 0.3) is 0 Å². The second kappa shape index (κ2) is 7.43. The van der Waals surface area contributed by atoms with E-state index < -0.39 is 0 Å². The number of hydrogen-bond acceptors (Lipinski definition) is 2. The zero-order valence-electron chi connectivity index (χ0n) is 12.2. The molecule has 0 radical (unpaired) electrons. The molecule has 2 rings (SSSR count). The van der Waals surface area contributed by atoms with Crippen molar-refractivity contribution < 1.29 is 4.39 Å². The van der Waals surface area contributed by atoms with Crippen molar-refractivity contribution in [1.82, 2.24) is 4.90 Å². The molecule has 0 aliphatic carbocycles. The molecule has 2 aromatic rings. The van der Waals surface area contributed by atoms with Crippen molar-refractivity contribution in [3.63, 3.8) is 0 Å². The SMILES string of the molecule is CCCN(Cc1ccccc1N)Cc1cccc(F)c1Cl. The highest BCUT2D eigenvalue weighted by Gasteiger charge is 2.12. The molecule has 0 heterocycles. The Morgan fingerprint density at radius 3 is 2.43 bits per heavy atom. The summed E-state index contributed by atoms with van der Waals surface area (Å²) in [5, 5.41) is 0.208. The van der Waals surface area contributed by atoms with Crippen LogP contribution in [0.5, 0.6) is 0 Å². The van der Waals surface area contributed by atoms with E-state index in [9.17, 15) is 4.39 Å². The van der Waals surface area contributed by atoms with Crippen LogP contribution in [-0.4, -0.2) is 11.4 Å². The van der Waals surface area contributed by atoms with Gasteiger partial charge in [-0.1, -0.05) is 48.9 Å². The number of rotatable bonds is 6. The number of nitrogens with two attached hydrogens (primary N) is 1. The molecular weight excluding hydrogens is 287 g/mol. The Morgan fingerprint density at radius 2 is 1.71 bits per heavy atom. The lowest BCUT2D eigenvalue weighted by Crippen LogP contribution is -2.24. The molecule has 21 heavy (non-hydrogen) atoms. The predicted molar refractivity (Wildman–Crippen MR) is 86.7 cm³/mol. The van der Waals surface area contributed by atoms with Crippen LogP contribution in [-0.2, 0) is 13.1 Å². The average molecular weight is 307 g/mol. The molecule has 2 nitrogen and oxygen atoms in total. The zero-order chi connectivity index (χ0) is 15.2. The molecule has 0 atom stereocenters. The molecule has 112 valence electrons. The zero-order valence-corrected chi connectivity index (χ0v) is 12.9. The molecule has 0 bridgehead atoms. The quantitative estimate of drug-likeness (QED) is 0.798. The Labute approximate surface area is 130 Å². The lowest BCUT2D eigenvalue weighted by atomic mass is 10.1. The van der Waals surface area contributed by atoms with Gasteiger partial charge in [0.15, 0.2) is 0 Å². The van der Waals surface area contributed by atoms with Crippen LogP contribution in [0.1, 0.15) is 24.5 Å². The average Bonchev–Trinajstić information content (AvgIpc) is 2.46. The Kier molecular flexibility index (Phi) is 5.59. The van der Waals surface area contributed by atoms with Gasteiger partial charge in [0.1, 0.15) is 5.82 Å². The number of para-hydroxylation sites is 1. The van der Waals surface area contributed by atoms with Gasteiger partial charge < -0.3 is 5.73 Å².